The van der Waals surface area contributed by atoms with E-state index in [2.05, 4.69) is 15.0 Å². The van der Waals surface area contributed by atoms with Gasteiger partial charge in [0.05, 0.1) is 12.7 Å². The number of amides is 1. The molecule has 0 unspecified atom stereocenters. The van der Waals surface area contributed by atoms with Crippen LogP contribution < -0.4 is 14.8 Å². The zero-order chi connectivity index (χ0) is 19.5. The molecule has 1 heterocycles. The normalized spacial score (nSPS) is 10.6. The average molecular weight is 373 g/mol. The first-order chi connectivity index (χ1) is 13.1. The van der Waals surface area contributed by atoms with E-state index < -0.39 is 12.5 Å². The standard InChI is InChI=1S/C19H17F2N3O3/c20-19(21)27-15-7-2-1-6-14(15)9-10-17(25)24-18-16(8-5-12-23-18)26-13-4-3-11-22/h1-2,5-10,12,19H,3-4,13H2,(H,23,24,25)/b10-9+. The van der Waals surface area contributed by atoms with Crippen LogP contribution in [0, 0.1) is 11.3 Å². The van der Waals surface area contributed by atoms with Gasteiger partial charge >= 0.3 is 6.61 Å². The van der Waals surface area contributed by atoms with Crippen LogP contribution in [-0.4, -0.2) is 24.1 Å². The van der Waals surface area contributed by atoms with Crippen molar-refractivity contribution in [2.45, 2.75) is 19.5 Å². The molecule has 0 radical (unpaired) electrons. The van der Waals surface area contributed by atoms with Crippen molar-refractivity contribution in [1.82, 2.24) is 4.98 Å². The van der Waals surface area contributed by atoms with Crippen LogP contribution in [0.2, 0.25) is 0 Å². The van der Waals surface area contributed by atoms with Gasteiger partial charge in [-0.25, -0.2) is 4.98 Å². The van der Waals surface area contributed by atoms with Gasteiger partial charge in [0.15, 0.2) is 11.6 Å². The summed E-state index contributed by atoms with van der Waals surface area (Å²) < 4.78 is 34.7. The summed E-state index contributed by atoms with van der Waals surface area (Å²) in [6.07, 6.45) is 4.96. The maximum atomic E-state index is 12.4. The zero-order valence-corrected chi connectivity index (χ0v) is 14.3. The maximum Gasteiger partial charge on any atom is 0.387 e. The number of carbonyl (C=O) groups excluding carboxylic acids is 1. The average Bonchev–Trinajstić information content (AvgIpc) is 2.65. The Morgan fingerprint density at radius 1 is 1.26 bits per heavy atom. The summed E-state index contributed by atoms with van der Waals surface area (Å²) in [4.78, 5) is 16.2. The molecule has 27 heavy (non-hydrogen) atoms. The number of anilines is 1. The lowest BCUT2D eigenvalue weighted by Crippen LogP contribution is -2.11. The van der Waals surface area contributed by atoms with Crippen molar-refractivity contribution in [3.05, 3.63) is 54.2 Å². The molecule has 0 atom stereocenters. The number of hydrogen-bond acceptors (Lipinski definition) is 5. The lowest BCUT2D eigenvalue weighted by molar-refractivity contribution is -0.111. The smallest absolute Gasteiger partial charge is 0.387 e. The van der Waals surface area contributed by atoms with Gasteiger partial charge in [-0.3, -0.25) is 4.79 Å². The quantitative estimate of drug-likeness (QED) is 0.530. The highest BCUT2D eigenvalue weighted by Crippen LogP contribution is 2.23. The fourth-order valence-corrected chi connectivity index (χ4v) is 2.08. The van der Waals surface area contributed by atoms with Gasteiger partial charge in [0.1, 0.15) is 5.75 Å². The topological polar surface area (TPSA) is 84.2 Å². The number of ether oxygens (including phenoxy) is 2. The summed E-state index contributed by atoms with van der Waals surface area (Å²) in [7, 11) is 0. The molecule has 140 valence electrons. The van der Waals surface area contributed by atoms with Crippen LogP contribution in [0.5, 0.6) is 11.5 Å². The van der Waals surface area contributed by atoms with Crippen LogP contribution in [0.4, 0.5) is 14.6 Å². The lowest BCUT2D eigenvalue weighted by Gasteiger charge is -2.10. The van der Waals surface area contributed by atoms with E-state index in [0.29, 0.717) is 30.8 Å². The van der Waals surface area contributed by atoms with E-state index in [1.807, 2.05) is 6.07 Å². The zero-order valence-electron chi connectivity index (χ0n) is 14.3. The van der Waals surface area contributed by atoms with Crippen molar-refractivity contribution in [2.24, 2.45) is 0 Å². The Kier molecular flexibility index (Phi) is 7.72. The second-order valence-corrected chi connectivity index (χ2v) is 5.20. The third kappa shape index (κ3) is 6.74. The molecule has 0 fully saturated rings. The van der Waals surface area contributed by atoms with Crippen molar-refractivity contribution < 1.29 is 23.0 Å². The second-order valence-electron chi connectivity index (χ2n) is 5.20. The van der Waals surface area contributed by atoms with E-state index in [9.17, 15) is 13.6 Å². The molecule has 0 saturated heterocycles. The van der Waals surface area contributed by atoms with Crippen molar-refractivity contribution in [3.8, 4) is 17.6 Å². The van der Waals surface area contributed by atoms with Crippen LogP contribution in [0.25, 0.3) is 6.08 Å². The van der Waals surface area contributed by atoms with Gasteiger partial charge < -0.3 is 14.8 Å². The highest BCUT2D eigenvalue weighted by molar-refractivity contribution is 6.02. The van der Waals surface area contributed by atoms with Gasteiger partial charge in [0.2, 0.25) is 5.91 Å². The van der Waals surface area contributed by atoms with Gasteiger partial charge in [0.25, 0.3) is 0 Å². The first-order valence-corrected chi connectivity index (χ1v) is 8.08. The molecule has 1 aromatic carbocycles. The number of rotatable bonds is 9. The fourth-order valence-electron chi connectivity index (χ4n) is 2.08. The van der Waals surface area contributed by atoms with Crippen LogP contribution >= 0.6 is 0 Å². The predicted octanol–water partition coefficient (Wildman–Crippen LogP) is 4.02. The summed E-state index contributed by atoms with van der Waals surface area (Å²) >= 11 is 0. The number of nitrogens with zero attached hydrogens (tertiary/aromatic N) is 2. The van der Waals surface area contributed by atoms with Crippen LogP contribution in [0.1, 0.15) is 18.4 Å². The number of alkyl halides is 2. The second kappa shape index (κ2) is 10.5. The molecule has 0 aliphatic rings. The van der Waals surface area contributed by atoms with E-state index >= 15 is 0 Å². The van der Waals surface area contributed by atoms with Gasteiger partial charge in [-0.1, -0.05) is 18.2 Å². The third-order valence-electron chi connectivity index (χ3n) is 3.25. The summed E-state index contributed by atoms with van der Waals surface area (Å²) in [5.74, 6) is 0.0539. The van der Waals surface area contributed by atoms with Crippen molar-refractivity contribution >= 4 is 17.8 Å². The third-order valence-corrected chi connectivity index (χ3v) is 3.25. The number of halogens is 2. The minimum Gasteiger partial charge on any atom is -0.490 e. The van der Waals surface area contributed by atoms with Crippen molar-refractivity contribution in [3.63, 3.8) is 0 Å². The molecule has 0 bridgehead atoms. The number of nitriles is 1. The highest BCUT2D eigenvalue weighted by Gasteiger charge is 2.09. The molecule has 0 aliphatic heterocycles. The SMILES string of the molecule is N#CCCCOc1cccnc1NC(=O)/C=C/c1ccccc1OC(F)F. The molecule has 8 heteroatoms. The molecule has 2 rings (SSSR count). The number of para-hydroxylation sites is 1. The number of unbranched alkanes of at least 4 members (excludes halogenated alkanes) is 1. The molecule has 0 aliphatic carbocycles. The van der Waals surface area contributed by atoms with Gasteiger partial charge in [-0.2, -0.15) is 14.0 Å². The number of aromatic nitrogens is 1. The summed E-state index contributed by atoms with van der Waals surface area (Å²) in [6, 6.07) is 11.4. The van der Waals surface area contributed by atoms with E-state index in [1.165, 1.54) is 24.4 Å². The molecular weight excluding hydrogens is 356 g/mol. The molecule has 0 spiro atoms. The molecule has 2 aromatic rings. The van der Waals surface area contributed by atoms with Gasteiger partial charge in [-0.15, -0.1) is 0 Å². The molecule has 6 nitrogen and oxygen atoms in total. The van der Waals surface area contributed by atoms with E-state index in [0.717, 1.165) is 0 Å². The highest BCUT2D eigenvalue weighted by atomic mass is 19.3. The Bertz CT molecular complexity index is 835. The van der Waals surface area contributed by atoms with Crippen LogP contribution in [0.15, 0.2) is 48.7 Å². The molecule has 1 amide bonds. The van der Waals surface area contributed by atoms with Crippen molar-refractivity contribution in [2.75, 3.05) is 11.9 Å². The van der Waals surface area contributed by atoms with E-state index in [4.69, 9.17) is 10.00 Å². The van der Waals surface area contributed by atoms with Gasteiger partial charge in [0, 0.05) is 24.3 Å². The molecule has 1 aromatic heterocycles. The Morgan fingerprint density at radius 2 is 2.04 bits per heavy atom. The minimum absolute atomic E-state index is 0.0316. The Hall–Kier alpha value is -3.47. The monoisotopic (exact) mass is 373 g/mol. The van der Waals surface area contributed by atoms with Crippen molar-refractivity contribution in [1.29, 1.82) is 5.26 Å². The van der Waals surface area contributed by atoms with Gasteiger partial charge in [-0.05, 0) is 30.7 Å². The Balaban J connectivity index is 2.02. The van der Waals surface area contributed by atoms with E-state index in [1.54, 1.807) is 30.3 Å². The summed E-state index contributed by atoms with van der Waals surface area (Å²) in [6.45, 7) is -2.64. The first-order valence-electron chi connectivity index (χ1n) is 8.08. The number of hydrogen-bond donors (Lipinski definition) is 1. The molecule has 1 N–H and O–H groups in total. The first kappa shape index (κ1) is 19.8. The number of benzene rings is 1. The minimum atomic E-state index is -2.96. The predicted molar refractivity (Wildman–Crippen MR) is 95.3 cm³/mol. The fraction of sp³-hybridized carbons (Fsp3) is 0.211. The van der Waals surface area contributed by atoms with Crippen LogP contribution in [-0.2, 0) is 4.79 Å². The Labute approximate surface area is 155 Å². The number of nitrogens with one attached hydrogen (secondary N) is 1. The van der Waals surface area contributed by atoms with E-state index in [-0.39, 0.29) is 11.6 Å². The molecular formula is C19H17F2N3O3. The largest absolute Gasteiger partial charge is 0.490 e. The maximum absolute atomic E-state index is 12.4. The number of carbonyl (C=O) groups is 1. The Morgan fingerprint density at radius 3 is 2.81 bits per heavy atom. The lowest BCUT2D eigenvalue weighted by atomic mass is 10.2. The van der Waals surface area contributed by atoms with Crippen LogP contribution in [0.3, 0.4) is 0 Å². The summed E-state index contributed by atoms with van der Waals surface area (Å²) in [5, 5.41) is 11.1. The number of pyridine rings is 1. The molecule has 0 saturated carbocycles. The summed E-state index contributed by atoms with van der Waals surface area (Å²) in [5.41, 5.74) is 0.335.